The van der Waals surface area contributed by atoms with Gasteiger partial charge in [-0.2, -0.15) is 0 Å². The normalized spacial score (nSPS) is 11.5. The van der Waals surface area contributed by atoms with Crippen LogP contribution in [0, 0.1) is 6.92 Å². The number of hydrogen-bond acceptors (Lipinski definition) is 2. The predicted octanol–water partition coefficient (Wildman–Crippen LogP) is 2.38. The maximum Gasteiger partial charge on any atom is 0.123 e. The molecule has 0 spiro atoms. The number of rotatable bonds is 2. The molecule has 3 nitrogen and oxygen atoms in total. The first-order valence-electron chi connectivity index (χ1n) is 5.31. The quantitative estimate of drug-likeness (QED) is 0.814. The number of aromatic nitrogens is 2. The SMILES string of the molecule is Cc1ccc2nc(CN)n(C(C)C)c2c1. The summed E-state index contributed by atoms with van der Waals surface area (Å²) in [5, 5.41) is 0. The molecule has 2 rings (SSSR count). The summed E-state index contributed by atoms with van der Waals surface area (Å²) < 4.78 is 2.21. The van der Waals surface area contributed by atoms with Crippen LogP contribution in [-0.2, 0) is 6.54 Å². The molecule has 0 saturated carbocycles. The van der Waals surface area contributed by atoms with E-state index < -0.39 is 0 Å². The molecule has 0 atom stereocenters. The van der Waals surface area contributed by atoms with Crippen molar-refractivity contribution in [3.05, 3.63) is 29.6 Å². The summed E-state index contributed by atoms with van der Waals surface area (Å²) >= 11 is 0. The fraction of sp³-hybridized carbons (Fsp3) is 0.417. The molecule has 3 heteroatoms. The highest BCUT2D eigenvalue weighted by atomic mass is 15.1. The highest BCUT2D eigenvalue weighted by Gasteiger charge is 2.11. The second-order valence-corrected chi connectivity index (χ2v) is 4.19. The molecule has 0 radical (unpaired) electrons. The van der Waals surface area contributed by atoms with Crippen LogP contribution >= 0.6 is 0 Å². The highest BCUT2D eigenvalue weighted by Crippen LogP contribution is 2.21. The van der Waals surface area contributed by atoms with Gasteiger partial charge in [-0.25, -0.2) is 4.98 Å². The lowest BCUT2D eigenvalue weighted by atomic mass is 10.2. The number of aryl methyl sites for hydroxylation is 1. The zero-order valence-electron chi connectivity index (χ0n) is 9.49. The van der Waals surface area contributed by atoms with Crippen molar-refractivity contribution in [3.63, 3.8) is 0 Å². The van der Waals surface area contributed by atoms with Crippen molar-refractivity contribution < 1.29 is 0 Å². The van der Waals surface area contributed by atoms with E-state index in [9.17, 15) is 0 Å². The van der Waals surface area contributed by atoms with Crippen molar-refractivity contribution in [2.75, 3.05) is 0 Å². The monoisotopic (exact) mass is 203 g/mol. The summed E-state index contributed by atoms with van der Waals surface area (Å²) in [5.74, 6) is 0.964. The number of imidazole rings is 1. The van der Waals surface area contributed by atoms with Crippen LogP contribution in [0.1, 0.15) is 31.3 Å². The summed E-state index contributed by atoms with van der Waals surface area (Å²) in [6.07, 6.45) is 0. The highest BCUT2D eigenvalue weighted by molar-refractivity contribution is 5.77. The number of benzene rings is 1. The molecule has 0 aliphatic heterocycles. The molecular weight excluding hydrogens is 186 g/mol. The van der Waals surface area contributed by atoms with Crippen LogP contribution in [0.4, 0.5) is 0 Å². The van der Waals surface area contributed by atoms with Gasteiger partial charge in [-0.1, -0.05) is 6.07 Å². The first-order chi connectivity index (χ1) is 7.13. The van der Waals surface area contributed by atoms with E-state index in [1.165, 1.54) is 11.1 Å². The van der Waals surface area contributed by atoms with Crippen molar-refractivity contribution in [3.8, 4) is 0 Å². The maximum atomic E-state index is 5.71. The Kier molecular flexibility index (Phi) is 2.49. The molecular formula is C12H17N3. The molecule has 1 aromatic carbocycles. The number of fused-ring (bicyclic) bond motifs is 1. The van der Waals surface area contributed by atoms with Crippen molar-refractivity contribution >= 4 is 11.0 Å². The molecule has 1 aromatic heterocycles. The number of nitrogens with zero attached hydrogens (tertiary/aromatic N) is 2. The molecule has 2 N–H and O–H groups in total. The van der Waals surface area contributed by atoms with Gasteiger partial charge in [0.2, 0.25) is 0 Å². The molecule has 0 aliphatic carbocycles. The third kappa shape index (κ3) is 1.63. The van der Waals surface area contributed by atoms with Gasteiger partial charge in [0, 0.05) is 6.04 Å². The van der Waals surface area contributed by atoms with Crippen LogP contribution in [0.15, 0.2) is 18.2 Å². The van der Waals surface area contributed by atoms with E-state index in [-0.39, 0.29) is 0 Å². The van der Waals surface area contributed by atoms with Crippen molar-refractivity contribution in [1.82, 2.24) is 9.55 Å². The lowest BCUT2D eigenvalue weighted by molar-refractivity contribution is 0.585. The van der Waals surface area contributed by atoms with Crippen LogP contribution in [0.3, 0.4) is 0 Å². The largest absolute Gasteiger partial charge is 0.324 e. The van der Waals surface area contributed by atoms with Gasteiger partial charge in [0.1, 0.15) is 5.82 Å². The first kappa shape index (κ1) is 10.2. The van der Waals surface area contributed by atoms with Crippen LogP contribution in [0.5, 0.6) is 0 Å². The van der Waals surface area contributed by atoms with E-state index >= 15 is 0 Å². The zero-order valence-corrected chi connectivity index (χ0v) is 9.49. The molecule has 0 bridgehead atoms. The van der Waals surface area contributed by atoms with Gasteiger partial charge in [-0.15, -0.1) is 0 Å². The minimum atomic E-state index is 0.398. The van der Waals surface area contributed by atoms with Gasteiger partial charge in [0.05, 0.1) is 17.6 Å². The average Bonchev–Trinajstić information content (AvgIpc) is 2.55. The molecule has 0 unspecified atom stereocenters. The third-order valence-electron chi connectivity index (χ3n) is 2.62. The molecule has 0 fully saturated rings. The molecule has 15 heavy (non-hydrogen) atoms. The van der Waals surface area contributed by atoms with Gasteiger partial charge in [0.25, 0.3) is 0 Å². The topological polar surface area (TPSA) is 43.8 Å². The first-order valence-corrected chi connectivity index (χ1v) is 5.31. The van der Waals surface area contributed by atoms with Crippen LogP contribution < -0.4 is 5.73 Å². The average molecular weight is 203 g/mol. The zero-order chi connectivity index (χ0) is 11.0. The Balaban J connectivity index is 2.76. The second kappa shape index (κ2) is 3.66. The van der Waals surface area contributed by atoms with E-state index in [0.29, 0.717) is 12.6 Å². The van der Waals surface area contributed by atoms with Crippen LogP contribution in [-0.4, -0.2) is 9.55 Å². The van der Waals surface area contributed by atoms with Gasteiger partial charge in [0.15, 0.2) is 0 Å². The van der Waals surface area contributed by atoms with Gasteiger partial charge in [-0.05, 0) is 38.5 Å². The predicted molar refractivity (Wildman–Crippen MR) is 62.7 cm³/mol. The van der Waals surface area contributed by atoms with Crippen molar-refractivity contribution in [2.45, 2.75) is 33.4 Å². The Hall–Kier alpha value is -1.35. The Bertz CT molecular complexity index is 483. The Morgan fingerprint density at radius 3 is 2.73 bits per heavy atom. The minimum absolute atomic E-state index is 0.398. The lowest BCUT2D eigenvalue weighted by Gasteiger charge is -2.11. The lowest BCUT2D eigenvalue weighted by Crippen LogP contribution is -2.10. The molecule has 1 heterocycles. The van der Waals surface area contributed by atoms with E-state index in [2.05, 4.69) is 48.5 Å². The second-order valence-electron chi connectivity index (χ2n) is 4.19. The number of nitrogens with two attached hydrogens (primary N) is 1. The Labute approximate surface area is 89.9 Å². The van der Waals surface area contributed by atoms with Crippen molar-refractivity contribution in [2.24, 2.45) is 5.73 Å². The minimum Gasteiger partial charge on any atom is -0.324 e. The molecule has 80 valence electrons. The Morgan fingerprint density at radius 2 is 2.13 bits per heavy atom. The summed E-state index contributed by atoms with van der Waals surface area (Å²) in [7, 11) is 0. The van der Waals surface area contributed by atoms with E-state index in [4.69, 9.17) is 5.73 Å². The smallest absolute Gasteiger partial charge is 0.123 e. The molecule has 2 aromatic rings. The third-order valence-corrected chi connectivity index (χ3v) is 2.62. The fourth-order valence-electron chi connectivity index (χ4n) is 1.97. The van der Waals surface area contributed by atoms with Gasteiger partial charge >= 0.3 is 0 Å². The van der Waals surface area contributed by atoms with Crippen LogP contribution in [0.25, 0.3) is 11.0 Å². The van der Waals surface area contributed by atoms with E-state index in [0.717, 1.165) is 11.3 Å². The fourth-order valence-corrected chi connectivity index (χ4v) is 1.97. The van der Waals surface area contributed by atoms with E-state index in [1.54, 1.807) is 0 Å². The van der Waals surface area contributed by atoms with Crippen molar-refractivity contribution in [1.29, 1.82) is 0 Å². The standard InChI is InChI=1S/C12H17N3/c1-8(2)15-11-6-9(3)4-5-10(11)14-12(15)7-13/h4-6,8H,7,13H2,1-3H3. The Morgan fingerprint density at radius 1 is 1.40 bits per heavy atom. The summed E-state index contributed by atoms with van der Waals surface area (Å²) in [5.41, 5.74) is 9.19. The van der Waals surface area contributed by atoms with E-state index in [1.807, 2.05) is 0 Å². The molecule has 0 aliphatic rings. The molecule has 0 saturated heterocycles. The summed E-state index contributed by atoms with van der Waals surface area (Å²) in [6.45, 7) is 6.90. The summed E-state index contributed by atoms with van der Waals surface area (Å²) in [6, 6.07) is 6.71. The molecule has 0 amide bonds. The summed E-state index contributed by atoms with van der Waals surface area (Å²) in [4.78, 5) is 4.53. The van der Waals surface area contributed by atoms with Gasteiger partial charge < -0.3 is 10.3 Å². The number of hydrogen-bond donors (Lipinski definition) is 1. The van der Waals surface area contributed by atoms with Gasteiger partial charge in [-0.3, -0.25) is 0 Å². The van der Waals surface area contributed by atoms with Crippen LogP contribution in [0.2, 0.25) is 0 Å². The maximum absolute atomic E-state index is 5.71.